The molecule has 0 aliphatic carbocycles. The van der Waals surface area contributed by atoms with Gasteiger partial charge < -0.3 is 4.42 Å². The second kappa shape index (κ2) is 7.29. The van der Waals surface area contributed by atoms with Gasteiger partial charge in [0.05, 0.1) is 11.4 Å². The molecule has 0 saturated carbocycles. The van der Waals surface area contributed by atoms with Crippen LogP contribution in [-0.2, 0) is 11.3 Å². The Hall–Kier alpha value is -3.05. The molecule has 0 unspecified atom stereocenters. The fourth-order valence-electron chi connectivity index (χ4n) is 2.83. The summed E-state index contributed by atoms with van der Waals surface area (Å²) in [6, 6.07) is 21.2. The molecule has 3 aromatic rings. The van der Waals surface area contributed by atoms with Crippen molar-refractivity contribution < 1.29 is 14.0 Å². The van der Waals surface area contributed by atoms with Gasteiger partial charge in [0, 0.05) is 11.6 Å². The number of hydrogen-bond donors (Lipinski definition) is 0. The van der Waals surface area contributed by atoms with Crippen LogP contribution >= 0.6 is 11.8 Å². The van der Waals surface area contributed by atoms with E-state index in [2.05, 4.69) is 0 Å². The first-order chi connectivity index (χ1) is 13.1. The summed E-state index contributed by atoms with van der Waals surface area (Å²) < 4.78 is 5.84. The Balaban J connectivity index is 1.53. The van der Waals surface area contributed by atoms with Crippen molar-refractivity contribution in [3.8, 4) is 11.3 Å². The van der Waals surface area contributed by atoms with Crippen molar-refractivity contribution in [2.75, 3.05) is 0 Å². The molecule has 1 saturated heterocycles. The molecule has 2 heterocycles. The topological polar surface area (TPSA) is 50.5 Å². The Kier molecular flexibility index (Phi) is 4.69. The number of amides is 2. The molecule has 4 nitrogen and oxygen atoms in total. The predicted octanol–water partition coefficient (Wildman–Crippen LogP) is 5.49. The maximum absolute atomic E-state index is 12.6. The van der Waals surface area contributed by atoms with E-state index in [9.17, 15) is 9.59 Å². The molecule has 0 N–H and O–H groups in total. The molecule has 134 valence electrons. The van der Waals surface area contributed by atoms with E-state index in [1.54, 1.807) is 12.1 Å². The molecule has 0 spiro atoms. The average Bonchev–Trinajstić information content (AvgIpc) is 3.24. The highest BCUT2D eigenvalue weighted by atomic mass is 32.2. The number of carbonyl (C=O) groups excluding carboxylic acids is 2. The lowest BCUT2D eigenvalue weighted by atomic mass is 10.1. The van der Waals surface area contributed by atoms with Crippen LogP contribution in [0.25, 0.3) is 17.4 Å². The maximum atomic E-state index is 12.6. The van der Waals surface area contributed by atoms with E-state index in [4.69, 9.17) is 4.42 Å². The first-order valence-corrected chi connectivity index (χ1v) is 9.38. The molecular weight excluding hydrogens is 358 g/mol. The lowest BCUT2D eigenvalue weighted by Gasteiger charge is -2.11. The van der Waals surface area contributed by atoms with Crippen LogP contribution in [0, 0.1) is 6.92 Å². The van der Waals surface area contributed by atoms with Crippen molar-refractivity contribution in [2.24, 2.45) is 0 Å². The smallest absolute Gasteiger partial charge is 0.293 e. The molecule has 5 heteroatoms. The van der Waals surface area contributed by atoms with Crippen molar-refractivity contribution in [1.82, 2.24) is 4.90 Å². The Morgan fingerprint density at radius 2 is 1.70 bits per heavy atom. The zero-order chi connectivity index (χ0) is 18.8. The Bertz CT molecular complexity index is 1020. The third-order valence-electron chi connectivity index (χ3n) is 4.29. The van der Waals surface area contributed by atoms with E-state index < -0.39 is 0 Å². The van der Waals surface area contributed by atoms with Gasteiger partial charge in [0.1, 0.15) is 11.5 Å². The van der Waals surface area contributed by atoms with E-state index in [0.29, 0.717) is 10.7 Å². The third-order valence-corrected chi connectivity index (χ3v) is 5.20. The predicted molar refractivity (Wildman–Crippen MR) is 107 cm³/mol. The third kappa shape index (κ3) is 3.73. The van der Waals surface area contributed by atoms with Gasteiger partial charge in [0.2, 0.25) is 0 Å². The summed E-state index contributed by atoms with van der Waals surface area (Å²) in [6.07, 6.45) is 1.63. The number of nitrogens with zero attached hydrogens (tertiary/aromatic N) is 1. The number of furan rings is 1. The van der Waals surface area contributed by atoms with Crippen LogP contribution in [0.3, 0.4) is 0 Å². The van der Waals surface area contributed by atoms with Gasteiger partial charge in [-0.15, -0.1) is 0 Å². The van der Waals surface area contributed by atoms with Crippen LogP contribution in [0.1, 0.15) is 16.9 Å². The lowest BCUT2D eigenvalue weighted by molar-refractivity contribution is -0.123. The minimum atomic E-state index is -0.290. The standard InChI is InChI=1S/C22H17NO3S/c1-15-7-9-17(10-8-15)19-12-11-18(26-19)13-20-21(24)23(22(25)27-20)14-16-5-3-2-4-6-16/h2-13H,14H2,1H3/b20-13-. The zero-order valence-corrected chi connectivity index (χ0v) is 15.5. The normalized spacial score (nSPS) is 15.7. The summed E-state index contributed by atoms with van der Waals surface area (Å²) in [7, 11) is 0. The largest absolute Gasteiger partial charge is 0.457 e. The lowest BCUT2D eigenvalue weighted by Crippen LogP contribution is -2.27. The molecule has 27 heavy (non-hydrogen) atoms. The fraction of sp³-hybridized carbons (Fsp3) is 0.0909. The van der Waals surface area contributed by atoms with Crippen LogP contribution in [0.5, 0.6) is 0 Å². The van der Waals surface area contributed by atoms with Crippen LogP contribution in [0.2, 0.25) is 0 Å². The number of aryl methyl sites for hydroxylation is 1. The van der Waals surface area contributed by atoms with Crippen molar-refractivity contribution in [3.05, 3.63) is 88.5 Å². The highest BCUT2D eigenvalue weighted by molar-refractivity contribution is 8.18. The van der Waals surface area contributed by atoms with Gasteiger partial charge in [-0.25, -0.2) is 0 Å². The van der Waals surface area contributed by atoms with E-state index >= 15 is 0 Å². The minimum Gasteiger partial charge on any atom is -0.457 e. The van der Waals surface area contributed by atoms with E-state index in [1.165, 1.54) is 10.5 Å². The summed E-state index contributed by atoms with van der Waals surface area (Å²) in [5.41, 5.74) is 3.07. The maximum Gasteiger partial charge on any atom is 0.293 e. The van der Waals surface area contributed by atoms with Crippen molar-refractivity contribution in [3.63, 3.8) is 0 Å². The highest BCUT2D eigenvalue weighted by Gasteiger charge is 2.35. The van der Waals surface area contributed by atoms with Crippen molar-refractivity contribution >= 4 is 29.0 Å². The van der Waals surface area contributed by atoms with Crippen LogP contribution in [0.15, 0.2) is 76.1 Å². The van der Waals surface area contributed by atoms with E-state index in [1.807, 2.05) is 67.6 Å². The fourth-order valence-corrected chi connectivity index (χ4v) is 3.65. The van der Waals surface area contributed by atoms with Gasteiger partial charge in [-0.1, -0.05) is 60.2 Å². The summed E-state index contributed by atoms with van der Waals surface area (Å²) in [5.74, 6) is 0.989. The van der Waals surface area contributed by atoms with E-state index in [0.717, 1.165) is 28.6 Å². The summed E-state index contributed by atoms with van der Waals surface area (Å²) in [4.78, 5) is 26.5. The second-order valence-electron chi connectivity index (χ2n) is 6.32. The van der Waals surface area contributed by atoms with Gasteiger partial charge in [-0.05, 0) is 36.4 Å². The molecule has 0 atom stereocenters. The minimum absolute atomic E-state index is 0.264. The molecule has 1 aliphatic rings. The average molecular weight is 375 g/mol. The van der Waals surface area contributed by atoms with Gasteiger partial charge in [-0.3, -0.25) is 14.5 Å². The molecule has 4 rings (SSSR count). The molecule has 2 aromatic carbocycles. The summed E-state index contributed by atoms with van der Waals surface area (Å²) >= 11 is 0.941. The van der Waals surface area contributed by atoms with Gasteiger partial charge in [0.15, 0.2) is 0 Å². The number of thioether (sulfide) groups is 1. The number of imide groups is 1. The van der Waals surface area contributed by atoms with Crippen LogP contribution < -0.4 is 0 Å². The number of hydrogen-bond acceptors (Lipinski definition) is 4. The van der Waals surface area contributed by atoms with Gasteiger partial charge in [-0.2, -0.15) is 0 Å². The Morgan fingerprint density at radius 1 is 0.963 bits per heavy atom. The quantitative estimate of drug-likeness (QED) is 0.566. The van der Waals surface area contributed by atoms with Crippen LogP contribution in [-0.4, -0.2) is 16.0 Å². The first-order valence-electron chi connectivity index (χ1n) is 8.56. The zero-order valence-electron chi connectivity index (χ0n) is 14.7. The Morgan fingerprint density at radius 3 is 2.44 bits per heavy atom. The monoisotopic (exact) mass is 375 g/mol. The van der Waals surface area contributed by atoms with Gasteiger partial charge in [0.25, 0.3) is 11.1 Å². The van der Waals surface area contributed by atoms with Crippen molar-refractivity contribution in [2.45, 2.75) is 13.5 Å². The number of rotatable bonds is 4. The molecule has 1 aliphatic heterocycles. The molecule has 0 radical (unpaired) electrons. The summed E-state index contributed by atoms with van der Waals surface area (Å²) in [6.45, 7) is 2.30. The summed E-state index contributed by atoms with van der Waals surface area (Å²) in [5, 5.41) is -0.264. The number of carbonyl (C=O) groups is 2. The van der Waals surface area contributed by atoms with E-state index in [-0.39, 0.29) is 17.7 Å². The first kappa shape index (κ1) is 17.4. The molecular formula is C22H17NO3S. The number of benzene rings is 2. The van der Waals surface area contributed by atoms with Gasteiger partial charge >= 0.3 is 0 Å². The molecule has 1 aromatic heterocycles. The molecule has 0 bridgehead atoms. The SMILES string of the molecule is Cc1ccc(-c2ccc(/C=C3\SC(=O)N(Cc4ccccc4)C3=O)o2)cc1. The second-order valence-corrected chi connectivity index (χ2v) is 7.31. The molecule has 2 amide bonds. The highest BCUT2D eigenvalue weighted by Crippen LogP contribution is 2.34. The molecule has 1 fully saturated rings. The Labute approximate surface area is 161 Å². The van der Waals surface area contributed by atoms with Crippen molar-refractivity contribution in [1.29, 1.82) is 0 Å². The van der Waals surface area contributed by atoms with Crippen LogP contribution in [0.4, 0.5) is 4.79 Å².